The van der Waals surface area contributed by atoms with Gasteiger partial charge in [-0.15, -0.1) is 0 Å². The molecular weight excluding hydrogens is 360 g/mol. The van der Waals surface area contributed by atoms with Crippen LogP contribution in [-0.4, -0.2) is 26.5 Å². The van der Waals surface area contributed by atoms with E-state index < -0.39 is 16.0 Å². The Hall–Kier alpha value is -1.93. The highest BCUT2D eigenvalue weighted by Gasteiger charge is 2.18. The molecule has 110 valence electrons. The molecule has 8 heteroatoms. The Kier molecular flexibility index (Phi) is 4.59. The van der Waals surface area contributed by atoms with Crippen LogP contribution in [-0.2, 0) is 14.8 Å². The van der Waals surface area contributed by atoms with Gasteiger partial charge in [-0.1, -0.05) is 6.07 Å². The lowest BCUT2D eigenvalue weighted by Gasteiger charge is -2.09. The van der Waals surface area contributed by atoms with Crippen molar-refractivity contribution < 1.29 is 17.9 Å². The molecule has 0 amide bonds. The number of hydrogen-bond donors (Lipinski definition) is 1. The molecule has 2 aromatic rings. The van der Waals surface area contributed by atoms with Crippen molar-refractivity contribution in [3.05, 3.63) is 52.8 Å². The maximum absolute atomic E-state index is 12.3. The van der Waals surface area contributed by atoms with E-state index in [0.29, 0.717) is 10.3 Å². The van der Waals surface area contributed by atoms with Gasteiger partial charge in [0.2, 0.25) is 0 Å². The third-order valence-electron chi connectivity index (χ3n) is 2.57. The van der Waals surface area contributed by atoms with Gasteiger partial charge in [0.1, 0.15) is 4.60 Å². The van der Waals surface area contributed by atoms with Gasteiger partial charge in [-0.3, -0.25) is 4.72 Å². The van der Waals surface area contributed by atoms with E-state index in [9.17, 15) is 13.2 Å². The number of benzene rings is 1. The summed E-state index contributed by atoms with van der Waals surface area (Å²) in [5.74, 6) is -0.602. The second-order valence-corrected chi connectivity index (χ2v) is 6.40. The van der Waals surface area contributed by atoms with Gasteiger partial charge < -0.3 is 4.74 Å². The summed E-state index contributed by atoms with van der Waals surface area (Å²) in [5.41, 5.74) is 0.464. The minimum absolute atomic E-state index is 0.0406. The third kappa shape index (κ3) is 3.59. The Morgan fingerprint density at radius 3 is 2.71 bits per heavy atom. The van der Waals surface area contributed by atoms with Gasteiger partial charge in [-0.25, -0.2) is 18.2 Å². The van der Waals surface area contributed by atoms with Crippen molar-refractivity contribution in [1.29, 1.82) is 0 Å². The third-order valence-corrected chi connectivity index (χ3v) is 4.56. The number of hydrogen-bond acceptors (Lipinski definition) is 5. The molecular formula is C13H11BrN2O4S. The maximum Gasteiger partial charge on any atom is 0.337 e. The summed E-state index contributed by atoms with van der Waals surface area (Å²) in [7, 11) is -2.60. The van der Waals surface area contributed by atoms with Crippen molar-refractivity contribution in [3.63, 3.8) is 0 Å². The minimum atomic E-state index is -3.83. The molecule has 0 aliphatic heterocycles. The van der Waals surface area contributed by atoms with Gasteiger partial charge in [-0.2, -0.15) is 0 Å². The first-order chi connectivity index (χ1) is 9.94. The first-order valence-electron chi connectivity index (χ1n) is 5.76. The number of rotatable bonds is 4. The molecule has 0 saturated carbocycles. The molecule has 0 radical (unpaired) electrons. The number of anilines is 1. The molecule has 0 unspecified atom stereocenters. The Labute approximate surface area is 130 Å². The zero-order valence-electron chi connectivity index (χ0n) is 10.9. The predicted octanol–water partition coefficient (Wildman–Crippen LogP) is 2.43. The fourth-order valence-electron chi connectivity index (χ4n) is 1.57. The molecule has 0 spiro atoms. The summed E-state index contributed by atoms with van der Waals surface area (Å²) in [6.07, 6.45) is 1.53. The highest BCUT2D eigenvalue weighted by Crippen LogP contribution is 2.22. The average Bonchev–Trinajstić information content (AvgIpc) is 2.49. The first kappa shape index (κ1) is 15.5. The van der Waals surface area contributed by atoms with Crippen LogP contribution in [0.2, 0.25) is 0 Å². The molecule has 0 fully saturated rings. The van der Waals surface area contributed by atoms with Crippen LogP contribution >= 0.6 is 15.9 Å². The zero-order chi connectivity index (χ0) is 15.5. The molecule has 2 rings (SSSR count). The number of carbonyl (C=O) groups excluding carboxylic acids is 1. The lowest BCUT2D eigenvalue weighted by Crippen LogP contribution is -2.14. The largest absolute Gasteiger partial charge is 0.465 e. The maximum atomic E-state index is 12.3. The van der Waals surface area contributed by atoms with E-state index in [1.807, 2.05) is 0 Å². The van der Waals surface area contributed by atoms with Crippen molar-refractivity contribution in [2.24, 2.45) is 0 Å². The normalized spacial score (nSPS) is 11.0. The highest BCUT2D eigenvalue weighted by molar-refractivity contribution is 9.10. The standard InChI is InChI=1S/C13H11BrN2O4S/c1-20-13(17)9-4-2-5-10(8-9)21(18,19)16-11-6-3-7-15-12(11)14/h2-8,16H,1H3. The lowest BCUT2D eigenvalue weighted by molar-refractivity contribution is 0.0600. The second-order valence-electron chi connectivity index (χ2n) is 3.97. The zero-order valence-corrected chi connectivity index (χ0v) is 13.3. The van der Waals surface area contributed by atoms with E-state index in [1.54, 1.807) is 12.1 Å². The van der Waals surface area contributed by atoms with E-state index in [0.717, 1.165) is 0 Å². The topological polar surface area (TPSA) is 85.4 Å². The van der Waals surface area contributed by atoms with Crippen molar-refractivity contribution in [2.45, 2.75) is 4.90 Å². The molecule has 0 aliphatic rings. The summed E-state index contributed by atoms with van der Waals surface area (Å²) >= 11 is 3.16. The molecule has 0 aliphatic carbocycles. The Bertz CT molecular complexity index is 777. The number of methoxy groups -OCH3 is 1. The fraction of sp³-hybridized carbons (Fsp3) is 0.0769. The summed E-state index contributed by atoms with van der Waals surface area (Å²) in [5, 5.41) is 0. The van der Waals surface area contributed by atoms with Gasteiger partial charge in [-0.05, 0) is 46.3 Å². The van der Waals surface area contributed by atoms with E-state index >= 15 is 0 Å². The quantitative estimate of drug-likeness (QED) is 0.659. The van der Waals surface area contributed by atoms with Crippen molar-refractivity contribution in [2.75, 3.05) is 11.8 Å². The van der Waals surface area contributed by atoms with Gasteiger partial charge in [0.05, 0.1) is 23.3 Å². The van der Waals surface area contributed by atoms with Crippen LogP contribution in [0.15, 0.2) is 52.1 Å². The van der Waals surface area contributed by atoms with Crippen LogP contribution < -0.4 is 4.72 Å². The van der Waals surface area contributed by atoms with Crippen LogP contribution in [0.4, 0.5) is 5.69 Å². The predicted molar refractivity (Wildman–Crippen MR) is 80.5 cm³/mol. The molecule has 0 bridgehead atoms. The molecule has 1 N–H and O–H groups in total. The van der Waals surface area contributed by atoms with Gasteiger partial charge in [0, 0.05) is 6.20 Å². The number of esters is 1. The first-order valence-corrected chi connectivity index (χ1v) is 8.03. The highest BCUT2D eigenvalue weighted by atomic mass is 79.9. The monoisotopic (exact) mass is 370 g/mol. The molecule has 21 heavy (non-hydrogen) atoms. The number of pyridine rings is 1. The van der Waals surface area contributed by atoms with E-state index in [1.165, 1.54) is 37.6 Å². The van der Waals surface area contributed by atoms with E-state index in [2.05, 4.69) is 30.4 Å². The number of nitrogens with one attached hydrogen (secondary N) is 1. The number of aromatic nitrogens is 1. The van der Waals surface area contributed by atoms with Gasteiger partial charge >= 0.3 is 5.97 Å². The number of carbonyl (C=O) groups is 1. The summed E-state index contributed by atoms with van der Waals surface area (Å²) in [4.78, 5) is 15.3. The van der Waals surface area contributed by atoms with Crippen LogP contribution in [0.3, 0.4) is 0 Å². The summed E-state index contributed by atoms with van der Waals surface area (Å²) in [6.45, 7) is 0. The molecule has 6 nitrogen and oxygen atoms in total. The number of sulfonamides is 1. The molecule has 1 aromatic heterocycles. The Morgan fingerprint density at radius 2 is 2.05 bits per heavy atom. The smallest absolute Gasteiger partial charge is 0.337 e. The SMILES string of the molecule is COC(=O)c1cccc(S(=O)(=O)Nc2cccnc2Br)c1. The molecule has 1 heterocycles. The number of ether oxygens (including phenoxy) is 1. The van der Waals surface area contributed by atoms with Crippen molar-refractivity contribution >= 4 is 37.6 Å². The number of nitrogens with zero attached hydrogens (tertiary/aromatic N) is 1. The molecule has 1 aromatic carbocycles. The number of halogens is 1. The fourth-order valence-corrected chi connectivity index (χ4v) is 3.17. The minimum Gasteiger partial charge on any atom is -0.465 e. The van der Waals surface area contributed by atoms with E-state index in [4.69, 9.17) is 0 Å². The molecule has 0 atom stereocenters. The van der Waals surface area contributed by atoms with Gasteiger partial charge in [0.15, 0.2) is 0 Å². The van der Waals surface area contributed by atoms with Crippen molar-refractivity contribution in [3.8, 4) is 0 Å². The van der Waals surface area contributed by atoms with Crippen LogP contribution in [0, 0.1) is 0 Å². The van der Waals surface area contributed by atoms with Crippen LogP contribution in [0.1, 0.15) is 10.4 Å². The second kappa shape index (κ2) is 6.23. The van der Waals surface area contributed by atoms with Gasteiger partial charge in [0.25, 0.3) is 10.0 Å². The summed E-state index contributed by atoms with van der Waals surface area (Å²) in [6, 6.07) is 8.76. The lowest BCUT2D eigenvalue weighted by atomic mass is 10.2. The van der Waals surface area contributed by atoms with E-state index in [-0.39, 0.29) is 10.5 Å². The summed E-state index contributed by atoms with van der Waals surface area (Å²) < 4.78 is 32.0. The molecule has 0 saturated heterocycles. The van der Waals surface area contributed by atoms with Crippen LogP contribution in [0.25, 0.3) is 0 Å². The van der Waals surface area contributed by atoms with Crippen molar-refractivity contribution in [1.82, 2.24) is 4.98 Å². The van der Waals surface area contributed by atoms with Crippen LogP contribution in [0.5, 0.6) is 0 Å². The Balaban J connectivity index is 2.36. The Morgan fingerprint density at radius 1 is 1.29 bits per heavy atom. The average molecular weight is 371 g/mol.